The molecule has 0 saturated heterocycles. The zero-order valence-electron chi connectivity index (χ0n) is 15.7. The van der Waals surface area contributed by atoms with E-state index in [1.807, 2.05) is 25.1 Å². The van der Waals surface area contributed by atoms with Gasteiger partial charge in [0.25, 0.3) is 0 Å². The molecule has 0 aromatic heterocycles. The fourth-order valence-electron chi connectivity index (χ4n) is 2.91. The van der Waals surface area contributed by atoms with E-state index in [-0.39, 0.29) is 11.9 Å². The zero-order chi connectivity index (χ0) is 18.4. The van der Waals surface area contributed by atoms with Gasteiger partial charge < -0.3 is 14.8 Å². The Kier molecular flexibility index (Phi) is 6.45. The lowest BCUT2D eigenvalue weighted by molar-refractivity contribution is -0.121. The SMILES string of the molecule is COc1ccc(CCC(=O)N[C@H](C)c2cc(C)ccc2C)cc1OC. The molecule has 4 nitrogen and oxygen atoms in total. The quantitative estimate of drug-likeness (QED) is 0.824. The summed E-state index contributed by atoms with van der Waals surface area (Å²) in [5.74, 6) is 1.42. The van der Waals surface area contributed by atoms with Crippen LogP contribution in [-0.2, 0) is 11.2 Å². The highest BCUT2D eigenvalue weighted by Crippen LogP contribution is 2.28. The van der Waals surface area contributed by atoms with Gasteiger partial charge in [0, 0.05) is 6.42 Å². The Hall–Kier alpha value is -2.49. The van der Waals surface area contributed by atoms with Crippen molar-refractivity contribution in [3.8, 4) is 11.5 Å². The lowest BCUT2D eigenvalue weighted by atomic mass is 9.99. The second kappa shape index (κ2) is 8.56. The van der Waals surface area contributed by atoms with Gasteiger partial charge in [-0.2, -0.15) is 0 Å². The number of nitrogens with one attached hydrogen (secondary N) is 1. The number of carbonyl (C=O) groups excluding carboxylic acids is 1. The molecule has 0 heterocycles. The maximum atomic E-state index is 12.3. The standard InChI is InChI=1S/C21H27NO3/c1-14-6-7-15(2)18(12-14)16(3)22-21(23)11-9-17-8-10-19(24-4)20(13-17)25-5/h6-8,10,12-13,16H,9,11H2,1-5H3,(H,22,23)/t16-/m1/s1. The number of aryl methyl sites for hydroxylation is 3. The molecule has 134 valence electrons. The summed E-state index contributed by atoms with van der Waals surface area (Å²) < 4.78 is 10.5. The van der Waals surface area contributed by atoms with Crippen molar-refractivity contribution < 1.29 is 14.3 Å². The molecular formula is C21H27NO3. The van der Waals surface area contributed by atoms with Crippen LogP contribution < -0.4 is 14.8 Å². The van der Waals surface area contributed by atoms with Gasteiger partial charge in [-0.3, -0.25) is 4.79 Å². The van der Waals surface area contributed by atoms with Crippen molar-refractivity contribution in [3.05, 3.63) is 58.7 Å². The number of hydrogen-bond acceptors (Lipinski definition) is 3. The van der Waals surface area contributed by atoms with Crippen LogP contribution in [0.5, 0.6) is 11.5 Å². The molecule has 4 heteroatoms. The summed E-state index contributed by atoms with van der Waals surface area (Å²) in [7, 11) is 3.22. The van der Waals surface area contributed by atoms with Crippen LogP contribution in [0.3, 0.4) is 0 Å². The van der Waals surface area contributed by atoms with Crippen LogP contribution in [0.1, 0.15) is 41.6 Å². The normalized spacial score (nSPS) is 11.7. The van der Waals surface area contributed by atoms with E-state index in [2.05, 4.69) is 37.4 Å². The van der Waals surface area contributed by atoms with Crippen molar-refractivity contribution in [2.45, 2.75) is 39.7 Å². The van der Waals surface area contributed by atoms with E-state index in [0.717, 1.165) is 5.56 Å². The average molecular weight is 341 g/mol. The number of benzene rings is 2. The van der Waals surface area contributed by atoms with E-state index >= 15 is 0 Å². The first kappa shape index (κ1) is 18.8. The van der Waals surface area contributed by atoms with Gasteiger partial charge >= 0.3 is 0 Å². The van der Waals surface area contributed by atoms with Gasteiger partial charge in [-0.25, -0.2) is 0 Å². The Balaban J connectivity index is 1.95. The van der Waals surface area contributed by atoms with Gasteiger partial charge in [0.2, 0.25) is 5.91 Å². The van der Waals surface area contributed by atoms with E-state index in [4.69, 9.17) is 9.47 Å². The van der Waals surface area contributed by atoms with Crippen LogP contribution >= 0.6 is 0 Å². The fourth-order valence-corrected chi connectivity index (χ4v) is 2.91. The third-order valence-corrected chi connectivity index (χ3v) is 4.37. The molecule has 1 N–H and O–H groups in total. The molecule has 0 aliphatic rings. The molecule has 25 heavy (non-hydrogen) atoms. The largest absolute Gasteiger partial charge is 0.493 e. The van der Waals surface area contributed by atoms with Crippen LogP contribution in [0.25, 0.3) is 0 Å². The molecule has 1 amide bonds. The Bertz CT molecular complexity index is 740. The topological polar surface area (TPSA) is 47.6 Å². The highest BCUT2D eigenvalue weighted by molar-refractivity contribution is 5.76. The number of ether oxygens (including phenoxy) is 2. The van der Waals surface area contributed by atoms with Crippen LogP contribution in [0, 0.1) is 13.8 Å². The summed E-state index contributed by atoms with van der Waals surface area (Å²) in [6.07, 6.45) is 1.09. The molecular weight excluding hydrogens is 314 g/mol. The van der Waals surface area contributed by atoms with E-state index in [1.54, 1.807) is 14.2 Å². The smallest absolute Gasteiger partial charge is 0.220 e. The molecule has 2 rings (SSSR count). The summed E-state index contributed by atoms with van der Waals surface area (Å²) in [5.41, 5.74) is 4.61. The zero-order valence-corrected chi connectivity index (χ0v) is 15.7. The summed E-state index contributed by atoms with van der Waals surface area (Å²) in [5, 5.41) is 3.09. The highest BCUT2D eigenvalue weighted by Gasteiger charge is 2.12. The molecule has 0 bridgehead atoms. The van der Waals surface area contributed by atoms with Crippen molar-refractivity contribution in [1.29, 1.82) is 0 Å². The number of hydrogen-bond donors (Lipinski definition) is 1. The van der Waals surface area contributed by atoms with Crippen molar-refractivity contribution in [2.75, 3.05) is 14.2 Å². The maximum Gasteiger partial charge on any atom is 0.220 e. The van der Waals surface area contributed by atoms with Crippen LogP contribution in [0.4, 0.5) is 0 Å². The minimum absolute atomic E-state index is 0.00203. The van der Waals surface area contributed by atoms with Crippen molar-refractivity contribution in [2.24, 2.45) is 0 Å². The lowest BCUT2D eigenvalue weighted by Crippen LogP contribution is -2.27. The molecule has 0 fully saturated rings. The Morgan fingerprint density at radius 2 is 1.76 bits per heavy atom. The third kappa shape index (κ3) is 4.99. The van der Waals surface area contributed by atoms with Crippen LogP contribution in [0.2, 0.25) is 0 Å². The van der Waals surface area contributed by atoms with Crippen LogP contribution in [-0.4, -0.2) is 20.1 Å². The molecule has 0 aliphatic carbocycles. The first-order chi connectivity index (χ1) is 11.9. The Morgan fingerprint density at radius 1 is 1.04 bits per heavy atom. The Morgan fingerprint density at radius 3 is 2.44 bits per heavy atom. The van der Waals surface area contributed by atoms with Gasteiger partial charge in [0.15, 0.2) is 11.5 Å². The number of rotatable bonds is 7. The van der Waals surface area contributed by atoms with E-state index < -0.39 is 0 Å². The predicted octanol–water partition coefficient (Wildman–Crippen LogP) is 4.13. The molecule has 1 atom stereocenters. The van der Waals surface area contributed by atoms with Gasteiger partial charge in [-0.05, 0) is 56.0 Å². The predicted molar refractivity (Wildman–Crippen MR) is 100 cm³/mol. The van der Waals surface area contributed by atoms with E-state index in [9.17, 15) is 4.79 Å². The van der Waals surface area contributed by atoms with Crippen molar-refractivity contribution in [1.82, 2.24) is 5.32 Å². The van der Waals surface area contributed by atoms with Gasteiger partial charge in [0.1, 0.15) is 0 Å². The summed E-state index contributed by atoms with van der Waals surface area (Å²) in [4.78, 5) is 12.3. The first-order valence-electron chi connectivity index (χ1n) is 8.52. The third-order valence-electron chi connectivity index (χ3n) is 4.37. The van der Waals surface area contributed by atoms with Gasteiger partial charge in [-0.1, -0.05) is 29.8 Å². The van der Waals surface area contributed by atoms with E-state index in [1.165, 1.54) is 16.7 Å². The van der Waals surface area contributed by atoms with Crippen molar-refractivity contribution >= 4 is 5.91 Å². The van der Waals surface area contributed by atoms with Gasteiger partial charge in [0.05, 0.1) is 20.3 Å². The number of methoxy groups -OCH3 is 2. The molecule has 2 aromatic carbocycles. The highest BCUT2D eigenvalue weighted by atomic mass is 16.5. The molecule has 0 spiro atoms. The minimum atomic E-state index is -0.00203. The molecule has 0 saturated carbocycles. The van der Waals surface area contributed by atoms with Crippen molar-refractivity contribution in [3.63, 3.8) is 0 Å². The molecule has 0 unspecified atom stereocenters. The van der Waals surface area contributed by atoms with E-state index in [0.29, 0.717) is 24.3 Å². The summed E-state index contributed by atoms with van der Waals surface area (Å²) in [6.45, 7) is 6.16. The fraction of sp³-hybridized carbons (Fsp3) is 0.381. The monoisotopic (exact) mass is 341 g/mol. The summed E-state index contributed by atoms with van der Waals surface area (Å²) >= 11 is 0. The minimum Gasteiger partial charge on any atom is -0.493 e. The average Bonchev–Trinajstić information content (AvgIpc) is 2.61. The second-order valence-corrected chi connectivity index (χ2v) is 6.34. The molecule has 0 aliphatic heterocycles. The summed E-state index contributed by atoms with van der Waals surface area (Å²) in [6, 6.07) is 12.1. The molecule has 2 aromatic rings. The van der Waals surface area contributed by atoms with Gasteiger partial charge in [-0.15, -0.1) is 0 Å². The first-order valence-corrected chi connectivity index (χ1v) is 8.52. The Labute approximate surface area is 150 Å². The number of amides is 1. The van der Waals surface area contributed by atoms with Crippen LogP contribution in [0.15, 0.2) is 36.4 Å². The second-order valence-electron chi connectivity index (χ2n) is 6.34. The molecule has 0 radical (unpaired) electrons. The lowest BCUT2D eigenvalue weighted by Gasteiger charge is -2.17. The maximum absolute atomic E-state index is 12.3. The number of carbonyl (C=O) groups is 1.